The number of anilines is 2. The number of nitrogens with zero attached hydrogens (tertiary/aromatic N) is 3. The fraction of sp³-hybridized carbons (Fsp3) is 0.143. The maximum Gasteiger partial charge on any atom is 0.271 e. The second-order valence-corrected chi connectivity index (χ2v) is 7.68. The molecule has 2 heterocycles. The van der Waals surface area contributed by atoms with Crippen molar-refractivity contribution in [3.63, 3.8) is 0 Å². The molecule has 0 atom stereocenters. The van der Waals surface area contributed by atoms with E-state index in [4.69, 9.17) is 4.74 Å². The van der Waals surface area contributed by atoms with Crippen LogP contribution in [0.25, 0.3) is 21.3 Å². The second kappa shape index (κ2) is 7.96. The lowest BCUT2D eigenvalue weighted by Gasteiger charge is -2.11. The Kier molecular flexibility index (Phi) is 5.20. The number of aromatic nitrogens is 2. The first-order valence-electron chi connectivity index (χ1n) is 9.19. The molecule has 2 aromatic carbocycles. The minimum Gasteiger partial charge on any atom is -0.506 e. The van der Waals surface area contributed by atoms with Crippen LogP contribution >= 0.6 is 11.3 Å². The van der Waals surface area contributed by atoms with Gasteiger partial charge in [0.1, 0.15) is 28.5 Å². The molecule has 2 N–H and O–H groups in total. The highest BCUT2D eigenvalue weighted by Gasteiger charge is 2.19. The number of thiophene rings is 1. The van der Waals surface area contributed by atoms with Crippen molar-refractivity contribution in [3.8, 4) is 22.6 Å². The number of aromatic hydroxyl groups is 1. The van der Waals surface area contributed by atoms with E-state index in [1.54, 1.807) is 0 Å². The lowest BCUT2D eigenvalue weighted by atomic mass is 10.0. The number of hydrogen-bond donors (Lipinski definition) is 2. The van der Waals surface area contributed by atoms with Gasteiger partial charge in [0.05, 0.1) is 22.6 Å². The summed E-state index contributed by atoms with van der Waals surface area (Å²) < 4.78 is 5.53. The molecule has 0 saturated heterocycles. The molecule has 4 aromatic rings. The summed E-state index contributed by atoms with van der Waals surface area (Å²) in [5.41, 5.74) is 2.01. The van der Waals surface area contributed by atoms with Crippen LogP contribution < -0.4 is 10.1 Å². The molecule has 0 aliphatic heterocycles. The summed E-state index contributed by atoms with van der Waals surface area (Å²) in [6.07, 6.45) is 1.43. The summed E-state index contributed by atoms with van der Waals surface area (Å²) in [6, 6.07) is 11.6. The minimum atomic E-state index is -0.514. The average molecular weight is 422 g/mol. The number of hydrogen-bond acceptors (Lipinski definition) is 8. The number of phenols is 1. The van der Waals surface area contributed by atoms with E-state index in [0.29, 0.717) is 12.4 Å². The summed E-state index contributed by atoms with van der Waals surface area (Å²) in [6.45, 7) is 4.53. The van der Waals surface area contributed by atoms with Crippen LogP contribution in [0.3, 0.4) is 0 Å². The zero-order valence-electron chi connectivity index (χ0n) is 16.2. The minimum absolute atomic E-state index is 0.109. The Hall–Kier alpha value is -3.72. The second-order valence-electron chi connectivity index (χ2n) is 6.48. The van der Waals surface area contributed by atoms with Crippen LogP contribution in [0.5, 0.6) is 11.5 Å². The van der Waals surface area contributed by atoms with Crippen LogP contribution in [-0.2, 0) is 0 Å². The monoisotopic (exact) mass is 422 g/mol. The van der Waals surface area contributed by atoms with Crippen molar-refractivity contribution < 1.29 is 14.8 Å². The third-order valence-electron chi connectivity index (χ3n) is 4.56. The van der Waals surface area contributed by atoms with E-state index in [1.165, 1.54) is 35.9 Å². The van der Waals surface area contributed by atoms with E-state index in [9.17, 15) is 15.2 Å². The van der Waals surface area contributed by atoms with Crippen molar-refractivity contribution in [2.24, 2.45) is 0 Å². The topological polar surface area (TPSA) is 110 Å². The molecule has 0 radical (unpaired) electrons. The van der Waals surface area contributed by atoms with E-state index in [2.05, 4.69) is 15.3 Å². The molecular weight excluding hydrogens is 404 g/mol. The molecule has 2 aromatic heterocycles. The Morgan fingerprint density at radius 1 is 1.20 bits per heavy atom. The Morgan fingerprint density at radius 3 is 2.67 bits per heavy atom. The Morgan fingerprint density at radius 2 is 1.97 bits per heavy atom. The summed E-state index contributed by atoms with van der Waals surface area (Å²) in [5, 5.41) is 25.1. The Bertz CT molecular complexity index is 1240. The first-order valence-corrected chi connectivity index (χ1v) is 10.0. The van der Waals surface area contributed by atoms with Crippen molar-refractivity contribution in [1.82, 2.24) is 9.97 Å². The molecule has 0 spiro atoms. The lowest BCUT2D eigenvalue weighted by molar-refractivity contribution is -0.384. The third kappa shape index (κ3) is 3.62. The van der Waals surface area contributed by atoms with Crippen LogP contribution in [0.1, 0.15) is 11.8 Å². The molecular formula is C21H18N4O4S. The normalized spacial score (nSPS) is 10.9. The maximum atomic E-state index is 11.1. The quantitative estimate of drug-likeness (QED) is 0.242. The number of non-ortho nitro benzene ring substituents is 1. The van der Waals surface area contributed by atoms with E-state index >= 15 is 0 Å². The zero-order chi connectivity index (χ0) is 21.3. The number of phenolic OH excluding ortho intramolecular Hbond substituents is 1. The van der Waals surface area contributed by atoms with Gasteiger partial charge in [-0.25, -0.2) is 9.97 Å². The Balaban J connectivity index is 1.83. The highest BCUT2D eigenvalue weighted by atomic mass is 32.1. The van der Waals surface area contributed by atoms with Gasteiger partial charge in [-0.1, -0.05) is 12.1 Å². The number of nitro groups is 1. The molecule has 8 nitrogen and oxygen atoms in total. The predicted octanol–water partition coefficient (Wildman–Crippen LogP) is 5.42. The maximum absolute atomic E-state index is 11.1. The first kappa shape index (κ1) is 19.6. The van der Waals surface area contributed by atoms with E-state index in [1.807, 2.05) is 38.1 Å². The first-order chi connectivity index (χ1) is 14.5. The van der Waals surface area contributed by atoms with Crippen LogP contribution in [-0.4, -0.2) is 26.6 Å². The molecule has 4 rings (SSSR count). The summed E-state index contributed by atoms with van der Waals surface area (Å²) in [7, 11) is 0. The number of nitro benzene ring substituents is 1. The fourth-order valence-corrected chi connectivity index (χ4v) is 4.25. The molecule has 0 aliphatic rings. The predicted molar refractivity (Wildman–Crippen MR) is 117 cm³/mol. The van der Waals surface area contributed by atoms with Gasteiger partial charge in [0.25, 0.3) is 5.69 Å². The molecule has 0 bridgehead atoms. The largest absolute Gasteiger partial charge is 0.506 e. The zero-order valence-corrected chi connectivity index (χ0v) is 17.1. The number of ether oxygens (including phenoxy) is 1. The van der Waals surface area contributed by atoms with Crippen LogP contribution in [0.2, 0.25) is 0 Å². The van der Waals surface area contributed by atoms with Gasteiger partial charge in [-0.15, -0.1) is 11.3 Å². The van der Waals surface area contributed by atoms with Gasteiger partial charge < -0.3 is 15.2 Å². The SMILES string of the molecule is CCOc1ccc(-c2c(C)sc3ncnc(Nc4cc([N+](=O)[O-])ccc4O)c23)cc1. The van der Waals surface area contributed by atoms with Crippen molar-refractivity contribution >= 4 is 38.7 Å². The molecule has 0 amide bonds. The van der Waals surface area contributed by atoms with Crippen molar-refractivity contribution in [2.75, 3.05) is 11.9 Å². The number of rotatable bonds is 6. The van der Waals surface area contributed by atoms with E-state index in [0.717, 1.165) is 32.0 Å². The van der Waals surface area contributed by atoms with Crippen molar-refractivity contribution in [3.05, 3.63) is 63.8 Å². The Labute approximate surface area is 176 Å². The van der Waals surface area contributed by atoms with Gasteiger partial charge in [-0.05, 0) is 37.6 Å². The number of fused-ring (bicyclic) bond motifs is 1. The lowest BCUT2D eigenvalue weighted by Crippen LogP contribution is -1.97. The van der Waals surface area contributed by atoms with Gasteiger partial charge in [-0.3, -0.25) is 10.1 Å². The summed E-state index contributed by atoms with van der Waals surface area (Å²) in [4.78, 5) is 21.1. The van der Waals surface area contributed by atoms with Gasteiger partial charge in [0.15, 0.2) is 0 Å². The highest BCUT2D eigenvalue weighted by Crippen LogP contribution is 2.42. The number of benzene rings is 2. The molecule has 0 fully saturated rings. The van der Waals surface area contributed by atoms with Crippen LogP contribution in [0.15, 0.2) is 48.8 Å². The van der Waals surface area contributed by atoms with Gasteiger partial charge in [0.2, 0.25) is 0 Å². The van der Waals surface area contributed by atoms with E-state index in [-0.39, 0.29) is 17.1 Å². The van der Waals surface area contributed by atoms with Gasteiger partial charge in [-0.2, -0.15) is 0 Å². The van der Waals surface area contributed by atoms with Gasteiger partial charge in [0, 0.05) is 22.6 Å². The molecule has 152 valence electrons. The summed E-state index contributed by atoms with van der Waals surface area (Å²) in [5.74, 6) is 1.14. The van der Waals surface area contributed by atoms with Crippen LogP contribution in [0, 0.1) is 17.0 Å². The number of aryl methyl sites for hydroxylation is 1. The molecule has 0 saturated carbocycles. The van der Waals surface area contributed by atoms with Crippen molar-refractivity contribution in [2.45, 2.75) is 13.8 Å². The molecule has 0 aliphatic carbocycles. The molecule has 0 unspecified atom stereocenters. The smallest absolute Gasteiger partial charge is 0.271 e. The highest BCUT2D eigenvalue weighted by molar-refractivity contribution is 7.19. The number of nitrogens with one attached hydrogen (secondary N) is 1. The summed E-state index contributed by atoms with van der Waals surface area (Å²) >= 11 is 1.53. The van der Waals surface area contributed by atoms with Crippen LogP contribution in [0.4, 0.5) is 17.2 Å². The molecule has 30 heavy (non-hydrogen) atoms. The third-order valence-corrected chi connectivity index (χ3v) is 5.58. The fourth-order valence-electron chi connectivity index (χ4n) is 3.24. The van der Waals surface area contributed by atoms with E-state index < -0.39 is 4.92 Å². The standard InChI is InChI=1S/C21H18N4O4S/c1-3-29-15-7-4-13(5-8-15)18-12(2)30-21-19(18)20(22-11-23-21)24-16-10-14(25(27)28)6-9-17(16)26/h4-11,26H,3H2,1-2H3,(H,22,23,24). The average Bonchev–Trinajstić information content (AvgIpc) is 3.07. The molecule has 9 heteroatoms. The van der Waals surface area contributed by atoms with Gasteiger partial charge >= 0.3 is 0 Å². The van der Waals surface area contributed by atoms with Crippen molar-refractivity contribution in [1.29, 1.82) is 0 Å².